The lowest BCUT2D eigenvalue weighted by molar-refractivity contribution is 0.133. The van der Waals surface area contributed by atoms with E-state index >= 15 is 0 Å². The molecule has 0 unspecified atom stereocenters. The van der Waals surface area contributed by atoms with Crippen molar-refractivity contribution in [1.29, 1.82) is 0 Å². The molecule has 2 rings (SSSR count). The van der Waals surface area contributed by atoms with E-state index in [9.17, 15) is 0 Å². The molecule has 10 heavy (non-hydrogen) atoms. The molecule has 2 fully saturated rings. The summed E-state index contributed by atoms with van der Waals surface area (Å²) < 4.78 is 0. The van der Waals surface area contributed by atoms with Crippen LogP contribution in [0.1, 0.15) is 32.1 Å². The van der Waals surface area contributed by atoms with Crippen LogP contribution >= 0.6 is 0 Å². The van der Waals surface area contributed by atoms with Gasteiger partial charge in [-0.05, 0) is 39.2 Å². The first-order valence-electron chi connectivity index (χ1n) is 4.47. The van der Waals surface area contributed by atoms with Gasteiger partial charge < -0.3 is 0 Å². The number of hydrogen-bond acceptors (Lipinski definition) is 1. The molecule has 2 saturated carbocycles. The highest BCUT2D eigenvalue weighted by Crippen LogP contribution is 2.34. The SMILES string of the molecule is [CH2]CN(C1CCC1)C1CC1. The molecule has 0 aliphatic heterocycles. The topological polar surface area (TPSA) is 3.24 Å². The molecule has 2 aliphatic rings. The van der Waals surface area contributed by atoms with Gasteiger partial charge in [0.15, 0.2) is 0 Å². The van der Waals surface area contributed by atoms with Crippen LogP contribution in [0.2, 0.25) is 0 Å². The van der Waals surface area contributed by atoms with Crippen molar-refractivity contribution in [3.05, 3.63) is 6.92 Å². The van der Waals surface area contributed by atoms with Gasteiger partial charge >= 0.3 is 0 Å². The molecule has 0 aromatic heterocycles. The molecule has 0 aromatic rings. The molecule has 0 saturated heterocycles. The van der Waals surface area contributed by atoms with E-state index in [0.29, 0.717) is 0 Å². The second kappa shape index (κ2) is 2.54. The van der Waals surface area contributed by atoms with Crippen molar-refractivity contribution >= 4 is 0 Å². The summed E-state index contributed by atoms with van der Waals surface area (Å²) in [6.07, 6.45) is 7.20. The van der Waals surface area contributed by atoms with Crippen molar-refractivity contribution in [2.75, 3.05) is 6.54 Å². The summed E-state index contributed by atoms with van der Waals surface area (Å²) in [7, 11) is 0. The standard InChI is InChI=1S/C9H16N/c1-2-10(9-6-7-9)8-4-3-5-8/h8-9H,1-7H2. The maximum atomic E-state index is 3.98. The Labute approximate surface area is 63.4 Å². The lowest BCUT2D eigenvalue weighted by atomic mass is 9.91. The fourth-order valence-corrected chi connectivity index (χ4v) is 1.79. The van der Waals surface area contributed by atoms with E-state index in [2.05, 4.69) is 11.8 Å². The third kappa shape index (κ3) is 1.07. The quantitative estimate of drug-likeness (QED) is 0.575. The summed E-state index contributed by atoms with van der Waals surface area (Å²) >= 11 is 0. The van der Waals surface area contributed by atoms with Crippen molar-refractivity contribution in [3.8, 4) is 0 Å². The summed E-state index contributed by atoms with van der Waals surface area (Å²) in [5.41, 5.74) is 0. The maximum absolute atomic E-state index is 3.98. The fourth-order valence-electron chi connectivity index (χ4n) is 1.79. The Morgan fingerprint density at radius 3 is 2.00 bits per heavy atom. The third-order valence-corrected chi connectivity index (χ3v) is 2.82. The van der Waals surface area contributed by atoms with Crippen LogP contribution in [0.3, 0.4) is 0 Å². The minimum absolute atomic E-state index is 0.921. The average molecular weight is 138 g/mol. The molecule has 0 atom stereocenters. The second-order valence-electron chi connectivity index (χ2n) is 3.55. The van der Waals surface area contributed by atoms with E-state index in [4.69, 9.17) is 0 Å². The molecule has 0 amide bonds. The van der Waals surface area contributed by atoms with Crippen molar-refractivity contribution in [1.82, 2.24) is 4.90 Å². The van der Waals surface area contributed by atoms with E-state index < -0.39 is 0 Å². The van der Waals surface area contributed by atoms with Crippen LogP contribution in [-0.2, 0) is 0 Å². The van der Waals surface area contributed by atoms with Crippen LogP contribution in [0.5, 0.6) is 0 Å². The largest absolute Gasteiger partial charge is 0.297 e. The highest BCUT2D eigenvalue weighted by Gasteiger charge is 2.34. The Bertz CT molecular complexity index is 114. The van der Waals surface area contributed by atoms with E-state index in [1.807, 2.05) is 0 Å². The van der Waals surface area contributed by atoms with Gasteiger partial charge in [-0.15, -0.1) is 0 Å². The monoisotopic (exact) mass is 138 g/mol. The fraction of sp³-hybridized carbons (Fsp3) is 0.889. The minimum atomic E-state index is 0.921. The molecule has 57 valence electrons. The first-order chi connectivity index (χ1) is 4.92. The van der Waals surface area contributed by atoms with Crippen LogP contribution in [0.25, 0.3) is 0 Å². The first kappa shape index (κ1) is 6.66. The Morgan fingerprint density at radius 2 is 1.70 bits per heavy atom. The summed E-state index contributed by atoms with van der Waals surface area (Å²) in [5, 5.41) is 0. The Balaban J connectivity index is 1.84. The molecule has 2 aliphatic carbocycles. The van der Waals surface area contributed by atoms with Gasteiger partial charge in [-0.1, -0.05) is 6.42 Å². The number of rotatable bonds is 3. The molecular formula is C9H16N. The third-order valence-electron chi connectivity index (χ3n) is 2.82. The lowest BCUT2D eigenvalue weighted by Crippen LogP contribution is -2.41. The highest BCUT2D eigenvalue weighted by molar-refractivity contribution is 4.91. The highest BCUT2D eigenvalue weighted by atomic mass is 15.2. The maximum Gasteiger partial charge on any atom is 0.00993 e. The molecular weight excluding hydrogens is 122 g/mol. The molecule has 0 heterocycles. The molecule has 1 nitrogen and oxygen atoms in total. The number of hydrogen-bond donors (Lipinski definition) is 0. The van der Waals surface area contributed by atoms with Crippen LogP contribution in [0.15, 0.2) is 0 Å². The zero-order chi connectivity index (χ0) is 6.97. The average Bonchev–Trinajstić information content (AvgIpc) is 2.58. The van der Waals surface area contributed by atoms with Crippen molar-refractivity contribution in [2.24, 2.45) is 0 Å². The normalized spacial score (nSPS) is 27.0. The predicted molar refractivity (Wildman–Crippen MR) is 42.7 cm³/mol. The number of nitrogens with zero attached hydrogens (tertiary/aromatic N) is 1. The van der Waals surface area contributed by atoms with Gasteiger partial charge in [0.25, 0.3) is 0 Å². The van der Waals surface area contributed by atoms with Crippen LogP contribution in [0.4, 0.5) is 0 Å². The summed E-state index contributed by atoms with van der Waals surface area (Å²) in [5.74, 6) is 0. The summed E-state index contributed by atoms with van der Waals surface area (Å²) in [6.45, 7) is 5.01. The van der Waals surface area contributed by atoms with Gasteiger partial charge in [-0.25, -0.2) is 0 Å². The second-order valence-corrected chi connectivity index (χ2v) is 3.55. The van der Waals surface area contributed by atoms with E-state index in [-0.39, 0.29) is 0 Å². The minimum Gasteiger partial charge on any atom is -0.297 e. The van der Waals surface area contributed by atoms with Crippen LogP contribution in [-0.4, -0.2) is 23.5 Å². The van der Waals surface area contributed by atoms with Gasteiger partial charge in [0.1, 0.15) is 0 Å². The molecule has 1 radical (unpaired) electrons. The Hall–Kier alpha value is -0.0400. The summed E-state index contributed by atoms with van der Waals surface area (Å²) in [6, 6.07) is 1.85. The molecule has 1 heteroatoms. The van der Waals surface area contributed by atoms with E-state index in [1.54, 1.807) is 0 Å². The first-order valence-corrected chi connectivity index (χ1v) is 4.47. The van der Waals surface area contributed by atoms with Gasteiger partial charge in [0, 0.05) is 12.1 Å². The predicted octanol–water partition coefficient (Wildman–Crippen LogP) is 1.84. The molecule has 0 bridgehead atoms. The molecule has 0 aromatic carbocycles. The smallest absolute Gasteiger partial charge is 0.00993 e. The van der Waals surface area contributed by atoms with E-state index in [0.717, 1.165) is 18.6 Å². The molecule has 0 spiro atoms. The van der Waals surface area contributed by atoms with Crippen molar-refractivity contribution in [2.45, 2.75) is 44.2 Å². The molecule has 0 N–H and O–H groups in total. The van der Waals surface area contributed by atoms with Crippen molar-refractivity contribution in [3.63, 3.8) is 0 Å². The Morgan fingerprint density at radius 1 is 1.10 bits per heavy atom. The van der Waals surface area contributed by atoms with Gasteiger partial charge in [-0.2, -0.15) is 0 Å². The van der Waals surface area contributed by atoms with Gasteiger partial charge in [0.05, 0.1) is 0 Å². The van der Waals surface area contributed by atoms with E-state index in [1.165, 1.54) is 32.1 Å². The van der Waals surface area contributed by atoms with Crippen LogP contribution in [0, 0.1) is 6.92 Å². The lowest BCUT2D eigenvalue weighted by Gasteiger charge is -2.36. The zero-order valence-electron chi connectivity index (χ0n) is 6.55. The van der Waals surface area contributed by atoms with Gasteiger partial charge in [-0.3, -0.25) is 4.90 Å². The Kier molecular flexibility index (Phi) is 1.69. The summed E-state index contributed by atoms with van der Waals surface area (Å²) in [4.78, 5) is 2.60. The zero-order valence-corrected chi connectivity index (χ0v) is 6.55. The van der Waals surface area contributed by atoms with Crippen molar-refractivity contribution < 1.29 is 0 Å². The van der Waals surface area contributed by atoms with Gasteiger partial charge in [0.2, 0.25) is 0 Å². The van der Waals surface area contributed by atoms with Crippen LogP contribution < -0.4 is 0 Å².